The van der Waals surface area contributed by atoms with Crippen LogP contribution < -0.4 is 5.32 Å². The van der Waals surface area contributed by atoms with Crippen LogP contribution in [-0.2, 0) is 6.18 Å². The Bertz CT molecular complexity index is 778. The van der Waals surface area contributed by atoms with Crippen LogP contribution >= 0.6 is 22.6 Å². The maximum Gasteiger partial charge on any atom is 0.418 e. The minimum atomic E-state index is -4.63. The van der Waals surface area contributed by atoms with Crippen molar-refractivity contribution < 1.29 is 22.9 Å². The van der Waals surface area contributed by atoms with Gasteiger partial charge in [-0.1, -0.05) is 6.07 Å². The lowest BCUT2D eigenvalue weighted by atomic mass is 10.1. The van der Waals surface area contributed by atoms with Crippen LogP contribution in [0.4, 0.5) is 24.5 Å². The van der Waals surface area contributed by atoms with E-state index < -0.39 is 28.3 Å². The maximum atomic E-state index is 13.0. The molecule has 2 rings (SSSR count). The second-order valence-electron chi connectivity index (χ2n) is 4.45. The highest BCUT2D eigenvalue weighted by atomic mass is 127. The fourth-order valence-electron chi connectivity index (χ4n) is 1.82. The minimum absolute atomic E-state index is 0.106. The number of nitro groups is 1. The highest BCUT2D eigenvalue weighted by Crippen LogP contribution is 2.36. The molecule has 2 aromatic rings. The molecule has 120 valence electrons. The third-order valence-electron chi connectivity index (χ3n) is 2.85. The Labute approximate surface area is 141 Å². The minimum Gasteiger partial charge on any atom is -0.321 e. The van der Waals surface area contributed by atoms with E-state index in [4.69, 9.17) is 0 Å². The van der Waals surface area contributed by atoms with Gasteiger partial charge < -0.3 is 5.32 Å². The lowest BCUT2D eigenvalue weighted by molar-refractivity contribution is -0.384. The number of non-ortho nitro benzene ring substituents is 1. The Morgan fingerprint density at radius 2 is 1.87 bits per heavy atom. The largest absolute Gasteiger partial charge is 0.418 e. The number of hydrogen-bond acceptors (Lipinski definition) is 3. The fourth-order valence-corrected chi connectivity index (χ4v) is 2.31. The van der Waals surface area contributed by atoms with Crippen molar-refractivity contribution in [2.45, 2.75) is 6.18 Å². The van der Waals surface area contributed by atoms with Gasteiger partial charge in [-0.3, -0.25) is 14.9 Å². The average molecular weight is 436 g/mol. The molecule has 5 nitrogen and oxygen atoms in total. The number of rotatable bonds is 3. The lowest BCUT2D eigenvalue weighted by Crippen LogP contribution is -2.17. The first-order valence-corrected chi connectivity index (χ1v) is 7.19. The van der Waals surface area contributed by atoms with Gasteiger partial charge in [0.05, 0.1) is 16.2 Å². The summed E-state index contributed by atoms with van der Waals surface area (Å²) in [6.45, 7) is 0. The SMILES string of the molecule is O=C(Nc1ccc(I)cc1C(F)(F)F)c1cccc([N+](=O)[O-])c1. The number of nitrogens with zero attached hydrogens (tertiary/aromatic N) is 1. The molecule has 0 unspecified atom stereocenters. The van der Waals surface area contributed by atoms with E-state index in [0.717, 1.165) is 18.2 Å². The van der Waals surface area contributed by atoms with Gasteiger partial charge in [-0.15, -0.1) is 0 Å². The number of nitro benzene ring substituents is 1. The first-order valence-electron chi connectivity index (χ1n) is 6.11. The molecule has 0 atom stereocenters. The highest BCUT2D eigenvalue weighted by molar-refractivity contribution is 14.1. The summed E-state index contributed by atoms with van der Waals surface area (Å²) >= 11 is 1.73. The van der Waals surface area contributed by atoms with Gasteiger partial charge in [0.1, 0.15) is 0 Å². The van der Waals surface area contributed by atoms with Gasteiger partial charge >= 0.3 is 6.18 Å². The molecule has 2 aromatic carbocycles. The van der Waals surface area contributed by atoms with Crippen molar-refractivity contribution in [1.29, 1.82) is 0 Å². The van der Waals surface area contributed by atoms with Crippen molar-refractivity contribution in [3.05, 3.63) is 67.3 Å². The zero-order valence-electron chi connectivity index (χ0n) is 11.2. The second kappa shape index (κ2) is 6.52. The van der Waals surface area contributed by atoms with E-state index in [0.29, 0.717) is 3.57 Å². The summed E-state index contributed by atoms with van der Waals surface area (Å²) in [6.07, 6.45) is -4.63. The second-order valence-corrected chi connectivity index (χ2v) is 5.69. The van der Waals surface area contributed by atoms with Crippen molar-refractivity contribution in [2.75, 3.05) is 5.32 Å². The zero-order valence-corrected chi connectivity index (χ0v) is 13.4. The van der Waals surface area contributed by atoms with E-state index in [1.165, 1.54) is 24.3 Å². The number of hydrogen-bond donors (Lipinski definition) is 1. The van der Waals surface area contributed by atoms with Crippen LogP contribution in [0, 0.1) is 13.7 Å². The van der Waals surface area contributed by atoms with Crippen molar-refractivity contribution >= 4 is 39.9 Å². The molecule has 0 saturated carbocycles. The third kappa shape index (κ3) is 4.18. The molecule has 0 aromatic heterocycles. The van der Waals surface area contributed by atoms with E-state index in [9.17, 15) is 28.1 Å². The monoisotopic (exact) mass is 436 g/mol. The zero-order chi connectivity index (χ0) is 17.2. The van der Waals surface area contributed by atoms with Crippen LogP contribution in [0.2, 0.25) is 0 Å². The van der Waals surface area contributed by atoms with Gasteiger partial charge in [0.25, 0.3) is 11.6 Å². The Morgan fingerprint density at radius 1 is 1.17 bits per heavy atom. The van der Waals surface area contributed by atoms with Crippen molar-refractivity contribution in [3.63, 3.8) is 0 Å². The van der Waals surface area contributed by atoms with Gasteiger partial charge in [0.15, 0.2) is 0 Å². The number of anilines is 1. The van der Waals surface area contributed by atoms with Crippen molar-refractivity contribution in [1.82, 2.24) is 0 Å². The molecule has 0 fully saturated rings. The molecule has 0 spiro atoms. The van der Waals surface area contributed by atoms with Gasteiger partial charge in [-0.05, 0) is 46.9 Å². The van der Waals surface area contributed by atoms with Gasteiger partial charge in [0, 0.05) is 21.3 Å². The van der Waals surface area contributed by atoms with E-state index in [1.54, 1.807) is 22.6 Å². The molecule has 1 N–H and O–H groups in total. The molecule has 0 aliphatic rings. The van der Waals surface area contributed by atoms with Gasteiger partial charge in [-0.25, -0.2) is 0 Å². The van der Waals surface area contributed by atoms with Gasteiger partial charge in [0.2, 0.25) is 0 Å². The smallest absolute Gasteiger partial charge is 0.321 e. The topological polar surface area (TPSA) is 72.2 Å². The molecule has 23 heavy (non-hydrogen) atoms. The van der Waals surface area contributed by atoms with Crippen molar-refractivity contribution in [3.8, 4) is 0 Å². The van der Waals surface area contributed by atoms with Crippen LogP contribution in [0.15, 0.2) is 42.5 Å². The van der Waals surface area contributed by atoms with E-state index in [2.05, 4.69) is 5.32 Å². The number of halogens is 4. The van der Waals surface area contributed by atoms with E-state index >= 15 is 0 Å². The molecule has 0 saturated heterocycles. The summed E-state index contributed by atoms with van der Waals surface area (Å²) in [4.78, 5) is 22.0. The van der Waals surface area contributed by atoms with Crippen LogP contribution in [-0.4, -0.2) is 10.8 Å². The quantitative estimate of drug-likeness (QED) is 0.439. The Balaban J connectivity index is 2.34. The van der Waals surface area contributed by atoms with Crippen LogP contribution in [0.25, 0.3) is 0 Å². The van der Waals surface area contributed by atoms with E-state index in [1.807, 2.05) is 0 Å². The first-order chi connectivity index (χ1) is 10.7. The summed E-state index contributed by atoms with van der Waals surface area (Å²) in [5, 5.41) is 12.8. The molecular formula is C14H8F3IN2O3. The summed E-state index contributed by atoms with van der Waals surface area (Å²) < 4.78 is 39.4. The Hall–Kier alpha value is -2.17. The predicted octanol–water partition coefficient (Wildman–Crippen LogP) is 4.47. The van der Waals surface area contributed by atoms with Crippen LogP contribution in [0.1, 0.15) is 15.9 Å². The molecule has 0 heterocycles. The number of carbonyl (C=O) groups excluding carboxylic acids is 1. The lowest BCUT2D eigenvalue weighted by Gasteiger charge is -2.14. The van der Waals surface area contributed by atoms with Gasteiger partial charge in [-0.2, -0.15) is 13.2 Å². The molecule has 0 bridgehead atoms. The third-order valence-corrected chi connectivity index (χ3v) is 3.53. The normalized spacial score (nSPS) is 11.1. The Kier molecular flexibility index (Phi) is 4.88. The standard InChI is InChI=1S/C14H8F3IN2O3/c15-14(16,17)11-7-9(18)4-5-12(11)19-13(21)8-2-1-3-10(6-8)20(22)23/h1-7H,(H,19,21). The molecule has 9 heteroatoms. The van der Waals surface area contributed by atoms with Crippen LogP contribution in [0.5, 0.6) is 0 Å². The highest BCUT2D eigenvalue weighted by Gasteiger charge is 2.34. The number of amides is 1. The summed E-state index contributed by atoms with van der Waals surface area (Å²) in [5.41, 5.74) is -1.82. The Morgan fingerprint density at radius 3 is 2.48 bits per heavy atom. The molecule has 0 radical (unpaired) electrons. The summed E-state index contributed by atoms with van der Waals surface area (Å²) in [6, 6.07) is 8.20. The number of benzene rings is 2. The molecule has 0 aliphatic carbocycles. The molecular weight excluding hydrogens is 428 g/mol. The number of carbonyl (C=O) groups is 1. The number of nitrogens with one attached hydrogen (secondary N) is 1. The van der Waals surface area contributed by atoms with Crippen LogP contribution in [0.3, 0.4) is 0 Å². The summed E-state index contributed by atoms with van der Waals surface area (Å²) in [7, 11) is 0. The summed E-state index contributed by atoms with van der Waals surface area (Å²) in [5.74, 6) is -0.861. The average Bonchev–Trinajstić information content (AvgIpc) is 2.48. The van der Waals surface area contributed by atoms with Crippen molar-refractivity contribution in [2.24, 2.45) is 0 Å². The maximum absolute atomic E-state index is 13.0. The predicted molar refractivity (Wildman–Crippen MR) is 85.2 cm³/mol. The number of alkyl halides is 3. The van der Waals surface area contributed by atoms with E-state index in [-0.39, 0.29) is 11.3 Å². The fraction of sp³-hybridized carbons (Fsp3) is 0.0714. The molecule has 1 amide bonds. The first kappa shape index (κ1) is 17.2. The molecule has 0 aliphatic heterocycles.